The van der Waals surface area contributed by atoms with Gasteiger partial charge in [-0.15, -0.1) is 0 Å². The first-order chi connectivity index (χ1) is 4.02. The summed E-state index contributed by atoms with van der Waals surface area (Å²) in [5.74, 6) is -0.965. The zero-order chi connectivity index (χ0) is 7.07. The van der Waals surface area contributed by atoms with Gasteiger partial charge in [0.05, 0.1) is 0 Å². The lowest BCUT2D eigenvalue weighted by molar-refractivity contribution is -0.147. The van der Waals surface area contributed by atoms with E-state index in [1.54, 1.807) is 0 Å². The van der Waals surface area contributed by atoms with Crippen molar-refractivity contribution in [2.75, 3.05) is 0 Å². The molecule has 0 amide bonds. The fraction of sp³-hybridized carbons (Fsp3) is 0.250. The molecule has 0 spiro atoms. The zero-order valence-corrected chi connectivity index (χ0v) is 4.19. The number of rotatable bonds is 0. The maximum atomic E-state index is 11.9. The van der Waals surface area contributed by atoms with E-state index in [4.69, 9.17) is 0 Å². The van der Waals surface area contributed by atoms with Gasteiger partial charge in [0.25, 0.3) is 0 Å². The molecule has 1 aliphatic heterocycles. The van der Waals surface area contributed by atoms with Crippen molar-refractivity contribution in [1.29, 1.82) is 0 Å². The monoisotopic (exact) mass is 136 g/mol. The Kier molecular flexibility index (Phi) is 0.952. The highest BCUT2D eigenvalue weighted by Crippen LogP contribution is 2.31. The van der Waals surface area contributed by atoms with Gasteiger partial charge in [0, 0.05) is 0 Å². The number of ether oxygens (including phenoxy) is 2. The third-order valence-electron chi connectivity index (χ3n) is 0.743. The van der Waals surface area contributed by atoms with Gasteiger partial charge < -0.3 is 9.47 Å². The normalized spacial score (nSPS) is 23.3. The minimum Gasteiger partial charge on any atom is -0.389 e. The first-order valence-corrected chi connectivity index (χ1v) is 2.00. The van der Waals surface area contributed by atoms with Crippen molar-refractivity contribution < 1.29 is 23.0 Å². The lowest BCUT2D eigenvalue weighted by atomic mass is 10.5. The fourth-order valence-electron chi connectivity index (χ4n) is 0.342. The Hall–Kier alpha value is -1.13. The molecule has 1 rings (SSSR count). The van der Waals surface area contributed by atoms with Crippen LogP contribution in [0.1, 0.15) is 0 Å². The lowest BCUT2D eigenvalue weighted by Gasteiger charge is -2.00. The molecule has 1 fully saturated rings. The fourth-order valence-corrected chi connectivity index (χ4v) is 0.342. The van der Waals surface area contributed by atoms with Crippen LogP contribution in [0.5, 0.6) is 0 Å². The van der Waals surface area contributed by atoms with E-state index in [1.807, 2.05) is 0 Å². The molecule has 0 saturated carbocycles. The second-order valence-corrected chi connectivity index (χ2v) is 1.39. The summed E-state index contributed by atoms with van der Waals surface area (Å²) < 4.78 is 31.0. The van der Waals surface area contributed by atoms with Crippen molar-refractivity contribution in [3.8, 4) is 0 Å². The number of carbonyl (C=O) groups is 1. The Morgan fingerprint density at radius 3 is 2.22 bits per heavy atom. The molecule has 3 nitrogen and oxygen atoms in total. The summed E-state index contributed by atoms with van der Waals surface area (Å²) in [5.41, 5.74) is 0. The smallest absolute Gasteiger partial charge is 0.389 e. The van der Waals surface area contributed by atoms with Gasteiger partial charge in [0.1, 0.15) is 0 Å². The first-order valence-electron chi connectivity index (χ1n) is 2.00. The van der Waals surface area contributed by atoms with Gasteiger partial charge in [-0.1, -0.05) is 0 Å². The van der Waals surface area contributed by atoms with Gasteiger partial charge in [-0.2, -0.15) is 8.78 Å². The van der Waals surface area contributed by atoms with Crippen LogP contribution in [0.2, 0.25) is 0 Å². The molecule has 0 radical (unpaired) electrons. The lowest BCUT2D eigenvalue weighted by Crippen LogP contribution is -2.15. The van der Waals surface area contributed by atoms with Crippen LogP contribution in [0.15, 0.2) is 12.3 Å². The van der Waals surface area contributed by atoms with Crippen LogP contribution in [0, 0.1) is 0 Å². The first kappa shape index (κ1) is 6.00. The van der Waals surface area contributed by atoms with Gasteiger partial charge in [-0.05, 0) is 6.58 Å². The molecule has 1 aliphatic rings. The van der Waals surface area contributed by atoms with Crippen LogP contribution in [-0.4, -0.2) is 12.3 Å². The highest BCUT2D eigenvalue weighted by atomic mass is 19.3. The molecular weight excluding hydrogens is 134 g/mol. The average Bonchev–Trinajstić information content (AvgIpc) is 1.79. The number of carbonyl (C=O) groups excluding carboxylic acids is 1. The van der Waals surface area contributed by atoms with Gasteiger partial charge in [0.2, 0.25) is 5.76 Å². The van der Waals surface area contributed by atoms with Gasteiger partial charge in [-0.25, -0.2) is 4.79 Å². The maximum Gasteiger partial charge on any atom is 0.518 e. The van der Waals surface area contributed by atoms with Crippen LogP contribution >= 0.6 is 0 Å². The molecule has 0 atom stereocenters. The molecule has 0 aliphatic carbocycles. The summed E-state index contributed by atoms with van der Waals surface area (Å²) in [4.78, 5) is 9.88. The second-order valence-electron chi connectivity index (χ2n) is 1.39. The van der Waals surface area contributed by atoms with E-state index in [2.05, 4.69) is 16.1 Å². The zero-order valence-electron chi connectivity index (χ0n) is 4.19. The van der Waals surface area contributed by atoms with Crippen molar-refractivity contribution in [3.63, 3.8) is 0 Å². The molecule has 1 saturated heterocycles. The molecule has 0 N–H and O–H groups in total. The van der Waals surface area contributed by atoms with Crippen molar-refractivity contribution >= 4 is 6.16 Å². The van der Waals surface area contributed by atoms with Crippen molar-refractivity contribution in [1.82, 2.24) is 0 Å². The molecule has 0 aromatic carbocycles. The topological polar surface area (TPSA) is 35.5 Å². The quantitative estimate of drug-likeness (QED) is 0.470. The van der Waals surface area contributed by atoms with Crippen molar-refractivity contribution in [3.05, 3.63) is 12.3 Å². The predicted molar refractivity (Wildman–Crippen MR) is 21.7 cm³/mol. The molecule has 50 valence electrons. The van der Waals surface area contributed by atoms with Crippen LogP contribution in [0.4, 0.5) is 13.6 Å². The summed E-state index contributed by atoms with van der Waals surface area (Å²) in [7, 11) is 0. The number of hydrogen-bond acceptors (Lipinski definition) is 3. The number of hydrogen-bond donors (Lipinski definition) is 0. The highest BCUT2D eigenvalue weighted by Gasteiger charge is 2.48. The molecule has 1 heterocycles. The van der Waals surface area contributed by atoms with Crippen molar-refractivity contribution in [2.45, 2.75) is 6.11 Å². The molecule has 0 bridgehead atoms. The van der Waals surface area contributed by atoms with Crippen LogP contribution in [0.25, 0.3) is 0 Å². The number of halogens is 2. The Morgan fingerprint density at radius 1 is 1.56 bits per heavy atom. The van der Waals surface area contributed by atoms with Crippen LogP contribution < -0.4 is 0 Å². The number of alkyl halides is 2. The average molecular weight is 136 g/mol. The van der Waals surface area contributed by atoms with E-state index in [-0.39, 0.29) is 0 Å². The summed E-state index contributed by atoms with van der Waals surface area (Å²) in [6, 6.07) is 0. The standard InChI is InChI=1S/C4H2F2O3/c1-2-4(5,6)9-3(7)8-2/h1H2. The Bertz CT molecular complexity index is 175. The summed E-state index contributed by atoms with van der Waals surface area (Å²) in [6.07, 6.45) is -5.05. The third-order valence-corrected chi connectivity index (χ3v) is 0.743. The van der Waals surface area contributed by atoms with Crippen LogP contribution in [-0.2, 0) is 9.47 Å². The molecule has 0 unspecified atom stereocenters. The Balaban J connectivity index is 2.81. The van der Waals surface area contributed by atoms with Crippen LogP contribution in [0.3, 0.4) is 0 Å². The van der Waals surface area contributed by atoms with Gasteiger partial charge >= 0.3 is 12.3 Å². The van der Waals surface area contributed by atoms with E-state index in [0.29, 0.717) is 0 Å². The number of cyclic esters (lactones) is 2. The SMILES string of the molecule is C=C1OC(=O)OC1(F)F. The van der Waals surface area contributed by atoms with E-state index in [9.17, 15) is 13.6 Å². The van der Waals surface area contributed by atoms with E-state index in [1.165, 1.54) is 0 Å². The molecular formula is C4H2F2O3. The predicted octanol–water partition coefficient (Wildman–Crippen LogP) is 1.26. The third kappa shape index (κ3) is 0.847. The minimum absolute atomic E-state index is 0.965. The molecule has 5 heteroatoms. The van der Waals surface area contributed by atoms with E-state index >= 15 is 0 Å². The van der Waals surface area contributed by atoms with Crippen molar-refractivity contribution in [2.24, 2.45) is 0 Å². The molecule has 9 heavy (non-hydrogen) atoms. The minimum atomic E-state index is -3.64. The summed E-state index contributed by atoms with van der Waals surface area (Å²) in [5, 5.41) is 0. The maximum absolute atomic E-state index is 11.9. The van der Waals surface area contributed by atoms with E-state index < -0.39 is 18.0 Å². The highest BCUT2D eigenvalue weighted by molar-refractivity contribution is 5.65. The Labute approximate surface area is 48.9 Å². The Morgan fingerprint density at radius 2 is 2.11 bits per heavy atom. The molecule has 0 aromatic heterocycles. The van der Waals surface area contributed by atoms with Gasteiger partial charge in [0.15, 0.2) is 0 Å². The summed E-state index contributed by atoms with van der Waals surface area (Å²) >= 11 is 0. The molecule has 0 aromatic rings. The van der Waals surface area contributed by atoms with Gasteiger partial charge in [-0.3, -0.25) is 0 Å². The second kappa shape index (κ2) is 1.43. The van der Waals surface area contributed by atoms with E-state index in [0.717, 1.165) is 0 Å². The summed E-state index contributed by atoms with van der Waals surface area (Å²) in [6.45, 7) is 2.74. The largest absolute Gasteiger partial charge is 0.518 e.